The summed E-state index contributed by atoms with van der Waals surface area (Å²) < 4.78 is 1.73. The molecular weight excluding hydrogens is 254 g/mol. The predicted molar refractivity (Wildman–Crippen MR) is 70.0 cm³/mol. The van der Waals surface area contributed by atoms with Gasteiger partial charge in [0, 0.05) is 18.2 Å². The minimum Gasteiger partial charge on any atom is -0.298 e. The number of nitrogens with zero attached hydrogens (tertiary/aromatic N) is 3. The van der Waals surface area contributed by atoms with Crippen LogP contribution in [0, 0.1) is 16.0 Å². The Labute approximate surface area is 109 Å². The molecular formula is C12H12ClN3O2. The largest absolute Gasteiger partial charge is 0.298 e. The van der Waals surface area contributed by atoms with Crippen molar-refractivity contribution in [1.82, 2.24) is 9.38 Å². The van der Waals surface area contributed by atoms with E-state index >= 15 is 0 Å². The van der Waals surface area contributed by atoms with Crippen molar-refractivity contribution in [3.05, 3.63) is 51.1 Å². The van der Waals surface area contributed by atoms with E-state index in [-0.39, 0.29) is 21.7 Å². The fourth-order valence-corrected chi connectivity index (χ4v) is 1.92. The Morgan fingerprint density at radius 3 is 2.89 bits per heavy atom. The highest BCUT2D eigenvalue weighted by Gasteiger charge is 2.18. The number of hydrogen-bond donors (Lipinski definition) is 0. The Balaban J connectivity index is 2.64. The van der Waals surface area contributed by atoms with Gasteiger partial charge in [-0.1, -0.05) is 31.5 Å². The van der Waals surface area contributed by atoms with Crippen molar-refractivity contribution < 1.29 is 4.92 Å². The van der Waals surface area contributed by atoms with E-state index in [9.17, 15) is 10.1 Å². The van der Waals surface area contributed by atoms with Crippen molar-refractivity contribution in [2.24, 2.45) is 5.92 Å². The van der Waals surface area contributed by atoms with E-state index in [1.165, 1.54) is 6.08 Å². The van der Waals surface area contributed by atoms with Crippen molar-refractivity contribution in [3.8, 4) is 0 Å². The van der Waals surface area contributed by atoms with Gasteiger partial charge in [-0.3, -0.25) is 14.5 Å². The van der Waals surface area contributed by atoms with E-state index in [0.29, 0.717) is 11.3 Å². The lowest BCUT2D eigenvalue weighted by atomic mass is 10.1. The van der Waals surface area contributed by atoms with Crippen molar-refractivity contribution in [1.29, 1.82) is 0 Å². The number of fused-ring (bicyclic) bond motifs is 1. The van der Waals surface area contributed by atoms with Crippen molar-refractivity contribution in [2.75, 3.05) is 0 Å². The fourth-order valence-electron chi connectivity index (χ4n) is 1.69. The van der Waals surface area contributed by atoms with Crippen LogP contribution in [0.3, 0.4) is 0 Å². The molecule has 0 aromatic carbocycles. The van der Waals surface area contributed by atoms with Crippen LogP contribution in [-0.4, -0.2) is 14.3 Å². The molecule has 18 heavy (non-hydrogen) atoms. The summed E-state index contributed by atoms with van der Waals surface area (Å²) in [6.45, 7) is 3.54. The summed E-state index contributed by atoms with van der Waals surface area (Å²) in [5, 5.41) is 11.2. The zero-order chi connectivity index (χ0) is 13.3. The third-order valence-electron chi connectivity index (χ3n) is 2.61. The van der Waals surface area contributed by atoms with Gasteiger partial charge in [0.15, 0.2) is 5.15 Å². The zero-order valence-corrected chi connectivity index (χ0v) is 10.8. The molecule has 0 radical (unpaired) electrons. The van der Waals surface area contributed by atoms with Crippen molar-refractivity contribution >= 4 is 23.3 Å². The molecule has 0 saturated carbocycles. The maximum Gasteiger partial charge on any atom is 0.250 e. The number of allylic oxidation sites excluding steroid dienone is 1. The average Bonchev–Trinajstić information content (AvgIpc) is 2.61. The van der Waals surface area contributed by atoms with E-state index in [0.717, 1.165) is 0 Å². The van der Waals surface area contributed by atoms with Crippen LogP contribution in [0.4, 0.5) is 0 Å². The van der Waals surface area contributed by atoms with Gasteiger partial charge in [0.25, 0.3) is 5.70 Å². The predicted octanol–water partition coefficient (Wildman–Crippen LogP) is 3.26. The molecule has 0 aliphatic rings. The van der Waals surface area contributed by atoms with Gasteiger partial charge in [-0.05, 0) is 12.1 Å². The minimum absolute atomic E-state index is 0.113. The van der Waals surface area contributed by atoms with E-state index in [1.54, 1.807) is 30.5 Å². The Hall–Kier alpha value is -1.88. The lowest BCUT2D eigenvalue weighted by Gasteiger charge is -2.02. The van der Waals surface area contributed by atoms with Crippen LogP contribution < -0.4 is 0 Å². The fraction of sp³-hybridized carbons (Fsp3) is 0.250. The maximum absolute atomic E-state index is 11.0. The van der Waals surface area contributed by atoms with E-state index < -0.39 is 0 Å². The number of rotatable bonds is 3. The van der Waals surface area contributed by atoms with Crippen LogP contribution in [0.5, 0.6) is 0 Å². The first-order chi connectivity index (χ1) is 8.50. The summed E-state index contributed by atoms with van der Waals surface area (Å²) in [6.07, 6.45) is 3.25. The lowest BCUT2D eigenvalue weighted by molar-refractivity contribution is -0.431. The first kappa shape index (κ1) is 12.6. The zero-order valence-electron chi connectivity index (χ0n) is 10.0. The standard InChI is InChI=1S/C12H12ClN3O2/c1-8(2)9(16(17)18)7-10-12(13)14-11-5-3-4-6-15(10)11/h3-8H,1-2H3/b9-7-. The van der Waals surface area contributed by atoms with Crippen LogP contribution in [-0.2, 0) is 0 Å². The summed E-state index contributed by atoms with van der Waals surface area (Å²) in [5.41, 5.74) is 1.32. The molecule has 0 fully saturated rings. The Morgan fingerprint density at radius 1 is 1.56 bits per heavy atom. The van der Waals surface area contributed by atoms with Gasteiger partial charge in [0.1, 0.15) is 5.65 Å². The number of nitro groups is 1. The van der Waals surface area contributed by atoms with Gasteiger partial charge < -0.3 is 0 Å². The molecule has 0 atom stereocenters. The quantitative estimate of drug-likeness (QED) is 0.632. The van der Waals surface area contributed by atoms with Crippen molar-refractivity contribution in [2.45, 2.75) is 13.8 Å². The molecule has 2 aromatic heterocycles. The topological polar surface area (TPSA) is 60.4 Å². The van der Waals surface area contributed by atoms with E-state index in [4.69, 9.17) is 11.6 Å². The first-order valence-corrected chi connectivity index (χ1v) is 5.87. The molecule has 2 rings (SSSR count). The molecule has 0 aliphatic carbocycles. The Bertz CT molecular complexity index is 631. The number of hydrogen-bond acceptors (Lipinski definition) is 3. The van der Waals surface area contributed by atoms with Crippen LogP contribution in [0.15, 0.2) is 30.1 Å². The molecule has 0 N–H and O–H groups in total. The summed E-state index contributed by atoms with van der Waals surface area (Å²) in [5.74, 6) is -0.190. The molecule has 0 saturated heterocycles. The molecule has 5 nitrogen and oxygen atoms in total. The molecule has 94 valence electrons. The highest BCUT2D eigenvalue weighted by Crippen LogP contribution is 2.22. The van der Waals surface area contributed by atoms with Gasteiger partial charge in [-0.25, -0.2) is 4.98 Å². The summed E-state index contributed by atoms with van der Waals surface area (Å²) in [4.78, 5) is 14.7. The first-order valence-electron chi connectivity index (χ1n) is 5.49. The van der Waals surface area contributed by atoms with Crippen LogP contribution >= 0.6 is 11.6 Å². The normalized spacial score (nSPS) is 12.3. The average molecular weight is 266 g/mol. The number of imidazole rings is 1. The summed E-state index contributed by atoms with van der Waals surface area (Å²) in [6, 6.07) is 5.46. The van der Waals surface area contributed by atoms with Crippen molar-refractivity contribution in [3.63, 3.8) is 0 Å². The maximum atomic E-state index is 11.0. The van der Waals surface area contributed by atoms with Crippen LogP contribution in [0.1, 0.15) is 19.5 Å². The highest BCUT2D eigenvalue weighted by molar-refractivity contribution is 6.31. The van der Waals surface area contributed by atoms with E-state index in [2.05, 4.69) is 4.98 Å². The SMILES string of the molecule is CC(C)/C(=C/c1c(Cl)nc2ccccn12)[N+](=O)[O-]. The molecule has 0 unspecified atom stereocenters. The molecule has 6 heteroatoms. The smallest absolute Gasteiger partial charge is 0.250 e. The second kappa shape index (κ2) is 4.78. The Morgan fingerprint density at radius 2 is 2.28 bits per heavy atom. The minimum atomic E-state index is -0.386. The van der Waals surface area contributed by atoms with Gasteiger partial charge in [-0.15, -0.1) is 0 Å². The molecule has 2 heterocycles. The summed E-state index contributed by atoms with van der Waals surface area (Å²) in [7, 11) is 0. The lowest BCUT2D eigenvalue weighted by Crippen LogP contribution is -2.05. The molecule has 2 aromatic rings. The molecule has 0 spiro atoms. The summed E-state index contributed by atoms with van der Waals surface area (Å²) >= 11 is 6.02. The van der Waals surface area contributed by atoms with Gasteiger partial charge in [-0.2, -0.15) is 0 Å². The number of halogens is 1. The molecule has 0 aliphatic heterocycles. The van der Waals surface area contributed by atoms with Crippen LogP contribution in [0.2, 0.25) is 5.15 Å². The molecule has 0 bridgehead atoms. The third kappa shape index (κ3) is 2.22. The van der Waals surface area contributed by atoms with Gasteiger partial charge in [0.05, 0.1) is 10.6 Å². The molecule has 0 amide bonds. The highest BCUT2D eigenvalue weighted by atomic mass is 35.5. The Kier molecular flexibility index (Phi) is 3.34. The van der Waals surface area contributed by atoms with Gasteiger partial charge >= 0.3 is 0 Å². The number of aromatic nitrogens is 2. The monoisotopic (exact) mass is 265 g/mol. The van der Waals surface area contributed by atoms with Crippen LogP contribution in [0.25, 0.3) is 11.7 Å². The van der Waals surface area contributed by atoms with Gasteiger partial charge in [0.2, 0.25) is 0 Å². The third-order valence-corrected chi connectivity index (χ3v) is 2.89. The second-order valence-corrected chi connectivity index (χ2v) is 4.56. The van der Waals surface area contributed by atoms with E-state index in [1.807, 2.05) is 12.1 Å². The second-order valence-electron chi connectivity index (χ2n) is 4.20. The number of pyridine rings is 1.